The fourth-order valence-corrected chi connectivity index (χ4v) is 3.14. The molecule has 15 heavy (non-hydrogen) atoms. The van der Waals surface area contributed by atoms with Gasteiger partial charge >= 0.3 is 0 Å². The summed E-state index contributed by atoms with van der Waals surface area (Å²) >= 11 is 1.73. The van der Waals surface area contributed by atoms with Gasteiger partial charge in [-0.25, -0.2) is 4.98 Å². The van der Waals surface area contributed by atoms with Crippen molar-refractivity contribution in [3.8, 4) is 0 Å². The number of aliphatic hydroxyl groups is 1. The molecule has 1 N–H and O–H groups in total. The van der Waals surface area contributed by atoms with Gasteiger partial charge in [0.15, 0.2) is 0 Å². The normalized spacial score (nSPS) is 24.6. The predicted octanol–water partition coefficient (Wildman–Crippen LogP) is 2.01. The highest BCUT2D eigenvalue weighted by atomic mass is 32.1. The molecule has 4 heteroatoms. The lowest BCUT2D eigenvalue weighted by atomic mass is 10.1. The van der Waals surface area contributed by atoms with Crippen molar-refractivity contribution in [1.29, 1.82) is 0 Å². The van der Waals surface area contributed by atoms with E-state index in [0.29, 0.717) is 6.04 Å². The first-order valence-corrected chi connectivity index (χ1v) is 6.36. The van der Waals surface area contributed by atoms with Crippen LogP contribution in [0.4, 0.5) is 0 Å². The number of rotatable bonds is 3. The summed E-state index contributed by atoms with van der Waals surface area (Å²) < 4.78 is 0. The van der Waals surface area contributed by atoms with E-state index >= 15 is 0 Å². The van der Waals surface area contributed by atoms with Crippen LogP contribution in [0, 0.1) is 0 Å². The molecular formula is C11H18N2OS. The van der Waals surface area contributed by atoms with Gasteiger partial charge in [-0.2, -0.15) is 0 Å². The van der Waals surface area contributed by atoms with Crippen molar-refractivity contribution in [2.75, 3.05) is 20.2 Å². The molecule has 2 unspecified atom stereocenters. The molecule has 0 radical (unpaired) electrons. The van der Waals surface area contributed by atoms with Crippen LogP contribution in [0.15, 0.2) is 5.38 Å². The second kappa shape index (κ2) is 4.60. The zero-order valence-electron chi connectivity index (χ0n) is 9.31. The molecule has 1 fully saturated rings. The van der Waals surface area contributed by atoms with Crippen molar-refractivity contribution in [1.82, 2.24) is 9.88 Å². The van der Waals surface area contributed by atoms with Gasteiger partial charge in [0.05, 0.1) is 18.3 Å². The largest absolute Gasteiger partial charge is 0.396 e. The smallest absolute Gasteiger partial charge is 0.110 e. The Bertz CT molecular complexity index is 326. The van der Waals surface area contributed by atoms with Gasteiger partial charge in [-0.15, -0.1) is 11.3 Å². The molecule has 0 aromatic carbocycles. The molecule has 3 nitrogen and oxygen atoms in total. The lowest BCUT2D eigenvalue weighted by Crippen LogP contribution is -2.17. The Morgan fingerprint density at radius 3 is 3.13 bits per heavy atom. The van der Waals surface area contributed by atoms with Gasteiger partial charge in [0, 0.05) is 11.3 Å². The van der Waals surface area contributed by atoms with Crippen molar-refractivity contribution in [3.63, 3.8) is 0 Å². The van der Waals surface area contributed by atoms with E-state index in [-0.39, 0.29) is 12.5 Å². The van der Waals surface area contributed by atoms with Gasteiger partial charge in [0.1, 0.15) is 5.01 Å². The minimum atomic E-state index is 0.168. The number of thiazole rings is 1. The van der Waals surface area contributed by atoms with E-state index in [4.69, 9.17) is 5.11 Å². The fraction of sp³-hybridized carbons (Fsp3) is 0.727. The van der Waals surface area contributed by atoms with Crippen molar-refractivity contribution in [2.45, 2.75) is 31.7 Å². The lowest BCUT2D eigenvalue weighted by Gasteiger charge is -2.16. The topological polar surface area (TPSA) is 36.4 Å². The molecule has 0 spiro atoms. The molecule has 2 atom stereocenters. The molecule has 0 amide bonds. The monoisotopic (exact) mass is 226 g/mol. The van der Waals surface area contributed by atoms with Gasteiger partial charge in [-0.1, -0.05) is 6.92 Å². The Morgan fingerprint density at radius 2 is 2.53 bits per heavy atom. The number of nitrogens with zero attached hydrogens (tertiary/aromatic N) is 2. The minimum absolute atomic E-state index is 0.168. The van der Waals surface area contributed by atoms with E-state index in [0.717, 1.165) is 5.69 Å². The van der Waals surface area contributed by atoms with Crippen LogP contribution in [0.25, 0.3) is 0 Å². The number of aliphatic hydroxyl groups excluding tert-OH is 1. The number of hydrogen-bond acceptors (Lipinski definition) is 4. The Kier molecular flexibility index (Phi) is 3.38. The highest BCUT2D eigenvalue weighted by molar-refractivity contribution is 7.09. The Hall–Kier alpha value is -0.450. The van der Waals surface area contributed by atoms with E-state index in [1.54, 1.807) is 11.3 Å². The molecule has 1 aromatic heterocycles. The molecule has 1 aliphatic rings. The van der Waals surface area contributed by atoms with E-state index in [9.17, 15) is 0 Å². The summed E-state index contributed by atoms with van der Waals surface area (Å²) in [5.41, 5.74) is 1.04. The first-order valence-electron chi connectivity index (χ1n) is 5.48. The van der Waals surface area contributed by atoms with E-state index in [2.05, 4.69) is 22.3 Å². The van der Waals surface area contributed by atoms with Gasteiger partial charge in [0.25, 0.3) is 0 Å². The number of hydrogen-bond donors (Lipinski definition) is 1. The van der Waals surface area contributed by atoms with Crippen molar-refractivity contribution < 1.29 is 5.11 Å². The summed E-state index contributed by atoms with van der Waals surface area (Å²) in [6.07, 6.45) is 2.49. The molecule has 0 bridgehead atoms. The third-order valence-corrected chi connectivity index (χ3v) is 4.09. The fourth-order valence-electron chi connectivity index (χ4n) is 2.00. The second-order valence-electron chi connectivity index (χ2n) is 4.33. The van der Waals surface area contributed by atoms with Gasteiger partial charge in [-0.3, -0.25) is 4.90 Å². The molecule has 84 valence electrons. The molecule has 0 aliphatic carbocycles. The third kappa shape index (κ3) is 2.22. The van der Waals surface area contributed by atoms with E-state index in [1.165, 1.54) is 24.4 Å². The predicted molar refractivity (Wildman–Crippen MR) is 62.2 cm³/mol. The Balaban J connectivity index is 2.12. The summed E-state index contributed by atoms with van der Waals surface area (Å²) in [6.45, 7) is 3.37. The lowest BCUT2D eigenvalue weighted by molar-refractivity contribution is 0.270. The molecule has 1 aliphatic heterocycles. The standard InChI is InChI=1S/C11H18N2OS/c1-8(6-14)9-7-15-11(12-9)10-4-3-5-13(10)2/h7-8,10,14H,3-6H2,1-2H3. The van der Waals surface area contributed by atoms with Crippen LogP contribution >= 0.6 is 11.3 Å². The molecule has 2 heterocycles. The van der Waals surface area contributed by atoms with E-state index < -0.39 is 0 Å². The quantitative estimate of drug-likeness (QED) is 0.856. The maximum Gasteiger partial charge on any atom is 0.110 e. The number of aromatic nitrogens is 1. The van der Waals surface area contributed by atoms with Crippen molar-refractivity contribution in [2.24, 2.45) is 0 Å². The average Bonchev–Trinajstić information content (AvgIpc) is 2.84. The molecule has 0 saturated carbocycles. The summed E-state index contributed by atoms with van der Waals surface area (Å²) in [5.74, 6) is 0.168. The number of likely N-dealkylation sites (tertiary alicyclic amines) is 1. The molecular weight excluding hydrogens is 208 g/mol. The van der Waals surface area contributed by atoms with Gasteiger partial charge in [-0.05, 0) is 26.4 Å². The molecule has 1 aromatic rings. The zero-order valence-corrected chi connectivity index (χ0v) is 10.1. The average molecular weight is 226 g/mol. The SMILES string of the molecule is CC(CO)c1csc(C2CCCN2C)n1. The van der Waals surface area contributed by atoms with Crippen LogP contribution in [-0.2, 0) is 0 Å². The van der Waals surface area contributed by atoms with Gasteiger partial charge < -0.3 is 5.11 Å². The summed E-state index contributed by atoms with van der Waals surface area (Å²) in [6, 6.07) is 0.509. The second-order valence-corrected chi connectivity index (χ2v) is 5.22. The minimum Gasteiger partial charge on any atom is -0.396 e. The van der Waals surface area contributed by atoms with Gasteiger partial charge in [0.2, 0.25) is 0 Å². The molecule has 2 rings (SSSR count). The van der Waals surface area contributed by atoms with Crippen LogP contribution in [0.3, 0.4) is 0 Å². The van der Waals surface area contributed by atoms with Crippen LogP contribution in [0.1, 0.15) is 42.4 Å². The third-order valence-electron chi connectivity index (χ3n) is 3.12. The Labute approximate surface area is 94.8 Å². The van der Waals surface area contributed by atoms with Crippen LogP contribution in [0.2, 0.25) is 0 Å². The van der Waals surface area contributed by atoms with E-state index in [1.807, 2.05) is 6.92 Å². The first-order chi connectivity index (χ1) is 7.22. The van der Waals surface area contributed by atoms with Crippen molar-refractivity contribution >= 4 is 11.3 Å². The highest BCUT2D eigenvalue weighted by Gasteiger charge is 2.25. The van der Waals surface area contributed by atoms with Crippen LogP contribution in [-0.4, -0.2) is 35.2 Å². The van der Waals surface area contributed by atoms with Crippen molar-refractivity contribution in [3.05, 3.63) is 16.1 Å². The maximum atomic E-state index is 9.07. The van der Waals surface area contributed by atoms with Crippen LogP contribution < -0.4 is 0 Å². The zero-order chi connectivity index (χ0) is 10.8. The molecule has 1 saturated heterocycles. The summed E-state index contributed by atoms with van der Waals surface area (Å²) in [5, 5.41) is 12.4. The summed E-state index contributed by atoms with van der Waals surface area (Å²) in [7, 11) is 2.16. The van der Waals surface area contributed by atoms with Crippen LogP contribution in [0.5, 0.6) is 0 Å². The summed E-state index contributed by atoms with van der Waals surface area (Å²) in [4.78, 5) is 7.00. The Morgan fingerprint density at radius 1 is 1.73 bits per heavy atom. The maximum absolute atomic E-state index is 9.07. The first kappa shape index (κ1) is 11.0. The highest BCUT2D eigenvalue weighted by Crippen LogP contribution is 2.33.